The maximum atomic E-state index is 11.9. The van der Waals surface area contributed by atoms with Crippen molar-refractivity contribution in [3.63, 3.8) is 0 Å². The van der Waals surface area contributed by atoms with Gasteiger partial charge in [0.05, 0.1) is 6.54 Å². The van der Waals surface area contributed by atoms with Gasteiger partial charge in [0.25, 0.3) is 5.91 Å². The number of benzene rings is 2. The minimum absolute atomic E-state index is 0.174. The summed E-state index contributed by atoms with van der Waals surface area (Å²) in [6, 6.07) is 19.3. The molecule has 2 aromatic carbocycles. The van der Waals surface area contributed by atoms with Crippen molar-refractivity contribution in [3.05, 3.63) is 84.2 Å². The summed E-state index contributed by atoms with van der Waals surface area (Å²) in [6.07, 6.45) is 3.56. The number of rotatable bonds is 7. The number of nitrogens with two attached hydrogens (primary N) is 1. The zero-order chi connectivity index (χ0) is 19.1. The summed E-state index contributed by atoms with van der Waals surface area (Å²) in [6.45, 7) is 0.485. The van der Waals surface area contributed by atoms with E-state index in [0.29, 0.717) is 12.1 Å². The summed E-state index contributed by atoms with van der Waals surface area (Å²) >= 11 is 0. The van der Waals surface area contributed by atoms with E-state index in [4.69, 9.17) is 5.73 Å². The number of aromatic nitrogens is 1. The molecule has 0 aliphatic carbocycles. The molecule has 136 valence electrons. The van der Waals surface area contributed by atoms with Crippen LogP contribution in [0.5, 0.6) is 0 Å². The first-order chi connectivity index (χ1) is 13.1. The molecule has 3 rings (SSSR count). The molecular weight excluding hydrogens is 340 g/mol. The second-order valence-corrected chi connectivity index (χ2v) is 6.02. The number of primary amides is 1. The van der Waals surface area contributed by atoms with Crippen molar-refractivity contribution in [3.8, 4) is 11.1 Å². The second kappa shape index (κ2) is 8.62. The van der Waals surface area contributed by atoms with Gasteiger partial charge >= 0.3 is 0 Å². The molecule has 6 heteroatoms. The van der Waals surface area contributed by atoms with E-state index < -0.39 is 5.91 Å². The Labute approximate surface area is 157 Å². The lowest BCUT2D eigenvalue weighted by atomic mass is 10.0. The molecule has 2 amide bonds. The van der Waals surface area contributed by atoms with Crippen molar-refractivity contribution >= 4 is 17.5 Å². The molecule has 3 aromatic rings. The van der Waals surface area contributed by atoms with Crippen LogP contribution in [0.2, 0.25) is 0 Å². The number of carbonyl (C=O) groups is 2. The monoisotopic (exact) mass is 360 g/mol. The number of anilines is 1. The molecule has 0 aliphatic rings. The van der Waals surface area contributed by atoms with Crippen LogP contribution in [0, 0.1) is 0 Å². The Bertz CT molecular complexity index is 924. The van der Waals surface area contributed by atoms with Gasteiger partial charge in [0.15, 0.2) is 0 Å². The second-order valence-electron chi connectivity index (χ2n) is 6.02. The highest BCUT2D eigenvalue weighted by Gasteiger charge is 2.06. The Kier molecular flexibility index (Phi) is 5.79. The van der Waals surface area contributed by atoms with Gasteiger partial charge < -0.3 is 16.4 Å². The highest BCUT2D eigenvalue weighted by atomic mass is 16.2. The molecule has 27 heavy (non-hydrogen) atoms. The van der Waals surface area contributed by atoms with Gasteiger partial charge in [0.2, 0.25) is 5.91 Å². The fourth-order valence-electron chi connectivity index (χ4n) is 2.62. The summed E-state index contributed by atoms with van der Waals surface area (Å²) in [7, 11) is 0. The Balaban J connectivity index is 1.60. The lowest BCUT2D eigenvalue weighted by molar-refractivity contribution is -0.117. The number of hydrogen-bond donors (Lipinski definition) is 3. The van der Waals surface area contributed by atoms with E-state index in [1.165, 1.54) is 0 Å². The largest absolute Gasteiger partial charge is 0.381 e. The molecular formula is C21H20N4O2. The van der Waals surface area contributed by atoms with Crippen molar-refractivity contribution in [2.24, 2.45) is 5.73 Å². The minimum atomic E-state index is -0.573. The molecule has 0 atom stereocenters. The van der Waals surface area contributed by atoms with E-state index in [0.717, 1.165) is 22.4 Å². The van der Waals surface area contributed by atoms with Crippen molar-refractivity contribution in [2.75, 3.05) is 11.9 Å². The predicted octanol–water partition coefficient (Wildman–Crippen LogP) is 2.58. The first kappa shape index (κ1) is 18.1. The Morgan fingerprint density at radius 2 is 1.67 bits per heavy atom. The molecule has 4 N–H and O–H groups in total. The van der Waals surface area contributed by atoms with Crippen LogP contribution in [0.1, 0.15) is 15.9 Å². The smallest absolute Gasteiger partial charge is 0.251 e. The summed E-state index contributed by atoms with van der Waals surface area (Å²) in [5.41, 5.74) is 9.80. The number of hydrogen-bond acceptors (Lipinski definition) is 4. The molecule has 0 bridgehead atoms. The summed E-state index contributed by atoms with van der Waals surface area (Å²) in [4.78, 5) is 26.6. The Morgan fingerprint density at radius 3 is 2.37 bits per heavy atom. The first-order valence-electron chi connectivity index (χ1n) is 8.51. The van der Waals surface area contributed by atoms with E-state index in [-0.39, 0.29) is 12.5 Å². The van der Waals surface area contributed by atoms with E-state index in [9.17, 15) is 9.59 Å². The molecule has 0 saturated carbocycles. The van der Waals surface area contributed by atoms with Crippen molar-refractivity contribution in [2.45, 2.75) is 6.54 Å². The molecule has 1 heterocycles. The number of carbonyl (C=O) groups excluding carboxylic acids is 2. The van der Waals surface area contributed by atoms with Crippen molar-refractivity contribution in [1.29, 1.82) is 0 Å². The van der Waals surface area contributed by atoms with Crippen molar-refractivity contribution < 1.29 is 9.59 Å². The van der Waals surface area contributed by atoms with E-state index in [1.807, 2.05) is 30.3 Å². The molecule has 6 nitrogen and oxygen atoms in total. The van der Waals surface area contributed by atoms with Crippen LogP contribution in [0.3, 0.4) is 0 Å². The third kappa shape index (κ3) is 5.15. The molecule has 0 saturated heterocycles. The highest BCUT2D eigenvalue weighted by molar-refractivity contribution is 5.96. The van der Waals surface area contributed by atoms with E-state index in [1.54, 1.807) is 24.5 Å². The zero-order valence-electron chi connectivity index (χ0n) is 14.7. The average Bonchev–Trinajstić information content (AvgIpc) is 2.72. The van der Waals surface area contributed by atoms with Gasteiger partial charge in [-0.05, 0) is 59.2 Å². The topological polar surface area (TPSA) is 97.1 Å². The highest BCUT2D eigenvalue weighted by Crippen LogP contribution is 2.20. The van der Waals surface area contributed by atoms with Crippen LogP contribution >= 0.6 is 0 Å². The maximum Gasteiger partial charge on any atom is 0.251 e. The van der Waals surface area contributed by atoms with Gasteiger partial charge in [-0.25, -0.2) is 0 Å². The van der Waals surface area contributed by atoms with Gasteiger partial charge in [-0.3, -0.25) is 14.6 Å². The van der Waals surface area contributed by atoms with Gasteiger partial charge in [0.1, 0.15) is 0 Å². The number of amides is 2. The zero-order valence-corrected chi connectivity index (χ0v) is 14.7. The standard InChI is InChI=1S/C21H20N4O2/c22-20(26)14-25-21(27)17-4-6-19(7-5-17)24-13-15-2-1-3-18(12-15)16-8-10-23-11-9-16/h1-12,24H,13-14H2,(H2,22,26)(H,25,27). The summed E-state index contributed by atoms with van der Waals surface area (Å²) < 4.78 is 0. The SMILES string of the molecule is NC(=O)CNC(=O)c1ccc(NCc2cccc(-c3ccncc3)c2)cc1. The van der Waals surface area contributed by atoms with Crippen molar-refractivity contribution in [1.82, 2.24) is 10.3 Å². The fraction of sp³-hybridized carbons (Fsp3) is 0.0952. The Hall–Kier alpha value is -3.67. The van der Waals surface area contributed by atoms with Gasteiger partial charge in [-0.2, -0.15) is 0 Å². The quantitative estimate of drug-likeness (QED) is 0.603. The van der Waals surface area contributed by atoms with E-state index >= 15 is 0 Å². The molecule has 0 radical (unpaired) electrons. The maximum absolute atomic E-state index is 11.9. The van der Waals surface area contributed by atoms with Crippen LogP contribution in [0.15, 0.2) is 73.1 Å². The predicted molar refractivity (Wildman–Crippen MR) is 105 cm³/mol. The molecule has 0 aliphatic heterocycles. The van der Waals surface area contributed by atoms with Crippen LogP contribution in [0.25, 0.3) is 11.1 Å². The lowest BCUT2D eigenvalue weighted by Crippen LogP contribution is -2.33. The Morgan fingerprint density at radius 1 is 0.926 bits per heavy atom. The fourth-order valence-corrected chi connectivity index (χ4v) is 2.62. The number of nitrogens with one attached hydrogen (secondary N) is 2. The molecule has 1 aromatic heterocycles. The third-order valence-corrected chi connectivity index (χ3v) is 4.01. The molecule has 0 unspecified atom stereocenters. The molecule has 0 spiro atoms. The third-order valence-electron chi connectivity index (χ3n) is 4.01. The van der Waals surface area contributed by atoms with E-state index in [2.05, 4.69) is 33.8 Å². The van der Waals surface area contributed by atoms with Crippen LogP contribution in [-0.2, 0) is 11.3 Å². The number of nitrogens with zero attached hydrogens (tertiary/aromatic N) is 1. The summed E-state index contributed by atoms with van der Waals surface area (Å²) in [5.74, 6) is -0.902. The lowest BCUT2D eigenvalue weighted by Gasteiger charge is -2.09. The van der Waals surface area contributed by atoms with Crippen LogP contribution in [0.4, 0.5) is 5.69 Å². The minimum Gasteiger partial charge on any atom is -0.381 e. The van der Waals surface area contributed by atoms with Crippen LogP contribution in [-0.4, -0.2) is 23.3 Å². The normalized spacial score (nSPS) is 10.2. The van der Waals surface area contributed by atoms with Gasteiger partial charge in [0, 0.05) is 30.2 Å². The first-order valence-corrected chi connectivity index (χ1v) is 8.51. The molecule has 0 fully saturated rings. The van der Waals surface area contributed by atoms with Crippen LogP contribution < -0.4 is 16.4 Å². The average molecular weight is 360 g/mol. The van der Waals surface area contributed by atoms with Gasteiger partial charge in [-0.15, -0.1) is 0 Å². The summed E-state index contributed by atoms with van der Waals surface area (Å²) in [5, 5.41) is 5.80. The van der Waals surface area contributed by atoms with Gasteiger partial charge in [-0.1, -0.05) is 18.2 Å². The number of pyridine rings is 1.